The number of carboxylic acids is 1. The second-order valence-corrected chi connectivity index (χ2v) is 28.9. The Morgan fingerprint density at radius 3 is 1.89 bits per heavy atom. The van der Waals surface area contributed by atoms with E-state index in [0.717, 1.165) is 16.0 Å². The number of aliphatic carboxylic acids is 1. The van der Waals surface area contributed by atoms with Crippen LogP contribution in [-0.4, -0.2) is 212 Å². The molecule has 1 saturated heterocycles. The van der Waals surface area contributed by atoms with Crippen molar-refractivity contribution in [3.8, 4) is 0 Å². The molecular formula is C78H116N12O16. The third kappa shape index (κ3) is 26.3. The molecule has 2 aliphatic rings. The van der Waals surface area contributed by atoms with Crippen molar-refractivity contribution < 1.29 is 76.9 Å². The van der Waals surface area contributed by atoms with Crippen molar-refractivity contribution in [1.29, 1.82) is 0 Å². The molecule has 106 heavy (non-hydrogen) atoms. The molecule has 12 amide bonds. The SMILES string of the molecule is CC[C@H](C)[C@@H]([C@@H](CC(=O)N1CCC[C@H]1[C@H](OC)[C@@H](C)C(=O)N[C@@H](Cc1ccccc1)C(=O)O)OC)N(C)C(=O)[C@@H](NC(=O)[C@H](C(C)C)N(C)CCc1ccc(N(C)C(=O)OCc2ccc(NC(=O)[C@H](CCCCNC(N)=O)NC(=O)[C@@H](NC(=O)CCCCCN3C(=O)C=CC3=O)C(C)C)cc2)cc1)C(C)C. The van der Waals surface area contributed by atoms with Crippen molar-refractivity contribution in [3.63, 3.8) is 0 Å². The summed E-state index contributed by atoms with van der Waals surface area (Å²) in [5.41, 5.74) is 8.51. The first-order valence-corrected chi connectivity index (χ1v) is 37.1. The number of likely N-dealkylation sites (tertiary alicyclic amines) is 1. The van der Waals surface area contributed by atoms with E-state index in [1.54, 1.807) is 105 Å². The van der Waals surface area contributed by atoms with Gasteiger partial charge in [0, 0.05) is 90.9 Å². The highest BCUT2D eigenvalue weighted by atomic mass is 16.6. The number of rotatable bonds is 44. The molecule has 11 atom stereocenters. The quantitative estimate of drug-likeness (QED) is 0.0215. The third-order valence-corrected chi connectivity index (χ3v) is 20.0. The fourth-order valence-corrected chi connectivity index (χ4v) is 13.6. The molecule has 2 aliphatic heterocycles. The lowest BCUT2D eigenvalue weighted by Gasteiger charge is -2.41. The van der Waals surface area contributed by atoms with Crippen LogP contribution >= 0.6 is 0 Å². The summed E-state index contributed by atoms with van der Waals surface area (Å²) < 4.78 is 17.7. The third-order valence-electron chi connectivity index (χ3n) is 20.0. The van der Waals surface area contributed by atoms with Gasteiger partial charge in [0.1, 0.15) is 30.8 Å². The van der Waals surface area contributed by atoms with Gasteiger partial charge in [-0.2, -0.15) is 0 Å². The van der Waals surface area contributed by atoms with Crippen LogP contribution in [0.25, 0.3) is 0 Å². The monoisotopic (exact) mass is 1480 g/mol. The molecule has 0 unspecified atom stereocenters. The highest BCUT2D eigenvalue weighted by molar-refractivity contribution is 6.12. The first kappa shape index (κ1) is 87.4. The number of amides is 12. The molecule has 0 bridgehead atoms. The number of carbonyl (C=O) groups excluding carboxylic acids is 11. The van der Waals surface area contributed by atoms with Gasteiger partial charge in [0.25, 0.3) is 11.8 Å². The maximum Gasteiger partial charge on any atom is 0.414 e. The summed E-state index contributed by atoms with van der Waals surface area (Å²) in [5.74, 6) is -6.54. The summed E-state index contributed by atoms with van der Waals surface area (Å²) in [5, 5.41) is 26.8. The summed E-state index contributed by atoms with van der Waals surface area (Å²) in [4.78, 5) is 167. The maximum absolute atomic E-state index is 14.9. The van der Waals surface area contributed by atoms with E-state index < -0.39 is 96.2 Å². The average Bonchev–Trinajstić information content (AvgIpc) is 1.38. The van der Waals surface area contributed by atoms with Crippen molar-refractivity contribution in [1.82, 2.24) is 46.2 Å². The van der Waals surface area contributed by atoms with Crippen molar-refractivity contribution >= 4 is 82.6 Å². The van der Waals surface area contributed by atoms with E-state index in [1.165, 1.54) is 31.3 Å². The van der Waals surface area contributed by atoms with Crippen LogP contribution in [0.4, 0.5) is 21.0 Å². The number of ether oxygens (including phenoxy) is 3. The minimum atomic E-state index is -1.18. The molecule has 0 saturated carbocycles. The molecule has 0 spiro atoms. The van der Waals surface area contributed by atoms with Gasteiger partial charge in [0.15, 0.2) is 0 Å². The number of urea groups is 1. The molecule has 1 fully saturated rings. The Morgan fingerprint density at radius 1 is 0.670 bits per heavy atom. The lowest BCUT2D eigenvalue weighted by molar-refractivity contribution is -0.148. The Labute approximate surface area is 624 Å². The molecule has 5 rings (SSSR count). The minimum absolute atomic E-state index is 0.0863. The number of hydrogen-bond acceptors (Lipinski definition) is 16. The minimum Gasteiger partial charge on any atom is -0.480 e. The fourth-order valence-electron chi connectivity index (χ4n) is 13.6. The van der Waals surface area contributed by atoms with Crippen LogP contribution in [0.15, 0.2) is 91.0 Å². The van der Waals surface area contributed by atoms with Crippen LogP contribution in [0.5, 0.6) is 0 Å². The molecule has 3 aromatic rings. The van der Waals surface area contributed by atoms with Crippen LogP contribution in [-0.2, 0) is 81.6 Å². The summed E-state index contributed by atoms with van der Waals surface area (Å²) in [6, 6.07) is 16.6. The Bertz CT molecular complexity index is 3430. The molecule has 584 valence electrons. The Morgan fingerprint density at radius 2 is 1.30 bits per heavy atom. The molecule has 2 heterocycles. The van der Waals surface area contributed by atoms with Crippen molar-refractivity contribution in [2.45, 2.75) is 207 Å². The van der Waals surface area contributed by atoms with Crippen LogP contribution in [0, 0.1) is 29.6 Å². The molecular weight excluding hydrogens is 1360 g/mol. The number of benzene rings is 3. The van der Waals surface area contributed by atoms with Crippen LogP contribution in [0.2, 0.25) is 0 Å². The number of imide groups is 1. The van der Waals surface area contributed by atoms with E-state index in [2.05, 4.69) is 31.9 Å². The number of nitrogens with two attached hydrogens (primary N) is 1. The van der Waals surface area contributed by atoms with Crippen LogP contribution in [0.3, 0.4) is 0 Å². The number of nitrogens with one attached hydrogen (secondary N) is 6. The lowest BCUT2D eigenvalue weighted by atomic mass is 9.89. The molecule has 0 aromatic heterocycles. The van der Waals surface area contributed by atoms with Gasteiger partial charge in [0.05, 0.1) is 42.7 Å². The van der Waals surface area contributed by atoms with E-state index in [9.17, 15) is 62.6 Å². The number of likely N-dealkylation sites (N-methyl/N-ethyl adjacent to an activating group) is 2. The number of nitrogens with zero attached hydrogens (tertiary/aromatic N) is 5. The van der Waals surface area contributed by atoms with E-state index in [4.69, 9.17) is 19.9 Å². The Balaban J connectivity index is 1.13. The summed E-state index contributed by atoms with van der Waals surface area (Å²) >= 11 is 0. The maximum atomic E-state index is 14.9. The number of hydrogen-bond donors (Lipinski definition) is 8. The number of methoxy groups -OCH3 is 2. The van der Waals surface area contributed by atoms with Crippen LogP contribution < -0.4 is 42.5 Å². The van der Waals surface area contributed by atoms with E-state index >= 15 is 0 Å². The second kappa shape index (κ2) is 43.4. The number of primary amides is 1. The number of anilines is 2. The van der Waals surface area contributed by atoms with Crippen molar-refractivity contribution in [2.24, 2.45) is 35.3 Å². The standard InChI is InChI=1S/C78H116N12O16/c1-15-51(8)69(61(104-13)46-65(94)89-43-24-28-60(89)70(105-14)52(9)71(95)83-59(76(100)101)45-54-25-18-16-19-26-54)88(12)75(99)67(49(4)5)85-74(98)68(50(6)7)86(10)44-40-53-32-36-57(37-33-53)87(11)78(103)106-47-55-30-34-56(35-31-55)81-72(96)58(27-21-22-41-80-77(79)102)82-73(97)66(48(2)3)84-62(91)29-20-17-23-42-90-63(92)38-39-64(90)93/h16,18-19,25-26,30-39,48-52,58-61,66-70H,15,17,20-24,27-29,40-47H2,1-14H3,(H,81,96)(H,82,97)(H,83,95)(H,84,91)(H,85,98)(H,100,101)(H3,79,80,102)/t51-,52+,58-,59-,60-,61+,66-,67-,68-,69-,70+/m0/s1. The molecule has 28 heteroatoms. The topological polar surface area (TPSA) is 367 Å². The van der Waals surface area contributed by atoms with Crippen LogP contribution in [0.1, 0.15) is 150 Å². The molecule has 3 aromatic carbocycles. The number of carboxylic acid groups (broad SMARTS) is 1. The van der Waals surface area contributed by atoms with Gasteiger partial charge >= 0.3 is 18.1 Å². The van der Waals surface area contributed by atoms with Gasteiger partial charge in [-0.1, -0.05) is 130 Å². The van der Waals surface area contributed by atoms with Gasteiger partial charge in [0.2, 0.25) is 41.4 Å². The highest BCUT2D eigenvalue weighted by Crippen LogP contribution is 2.31. The smallest absolute Gasteiger partial charge is 0.414 e. The van der Waals surface area contributed by atoms with Gasteiger partial charge in [-0.05, 0) is 123 Å². The fraction of sp³-hybridized carbons (Fsp3) is 0.590. The predicted octanol–water partition coefficient (Wildman–Crippen LogP) is 6.72. The van der Waals surface area contributed by atoms with E-state index in [-0.39, 0.29) is 104 Å². The summed E-state index contributed by atoms with van der Waals surface area (Å²) in [6.07, 6.45) is 5.45. The van der Waals surface area contributed by atoms with Gasteiger partial charge < -0.3 is 66.8 Å². The van der Waals surface area contributed by atoms with Gasteiger partial charge in [-0.3, -0.25) is 57.9 Å². The molecule has 0 aliphatic carbocycles. The molecule has 28 nitrogen and oxygen atoms in total. The zero-order valence-electron chi connectivity index (χ0n) is 64.4. The zero-order valence-corrected chi connectivity index (χ0v) is 64.4. The van der Waals surface area contributed by atoms with Gasteiger partial charge in [-0.25, -0.2) is 14.4 Å². The highest BCUT2D eigenvalue weighted by Gasteiger charge is 2.44. The zero-order chi connectivity index (χ0) is 78.5. The van der Waals surface area contributed by atoms with E-state index in [1.807, 2.05) is 71.7 Å². The lowest BCUT2D eigenvalue weighted by Crippen LogP contribution is -2.60. The first-order chi connectivity index (χ1) is 50.3. The largest absolute Gasteiger partial charge is 0.480 e. The summed E-state index contributed by atoms with van der Waals surface area (Å²) in [7, 11) is 8.13. The average molecular weight is 1480 g/mol. The first-order valence-electron chi connectivity index (χ1n) is 37.1. The Kier molecular flexibility index (Phi) is 35.7. The van der Waals surface area contributed by atoms with E-state index in [0.29, 0.717) is 87.8 Å². The Hall–Kier alpha value is -9.28. The number of carbonyl (C=O) groups is 12. The second-order valence-electron chi connectivity index (χ2n) is 28.9. The van der Waals surface area contributed by atoms with Gasteiger partial charge in [-0.15, -0.1) is 0 Å². The molecule has 9 N–H and O–H groups in total. The number of unbranched alkanes of at least 4 members (excludes halogenated alkanes) is 3. The summed E-state index contributed by atoms with van der Waals surface area (Å²) in [6.45, 7) is 18.1. The van der Waals surface area contributed by atoms with Crippen molar-refractivity contribution in [2.75, 3.05) is 71.8 Å². The van der Waals surface area contributed by atoms with Crippen molar-refractivity contribution in [3.05, 3.63) is 108 Å². The normalized spacial score (nSPS) is 16.5. The predicted molar refractivity (Wildman–Crippen MR) is 402 cm³/mol. The molecule has 0 radical (unpaired) electrons.